The molecule has 0 fully saturated rings. The Morgan fingerprint density at radius 1 is 1.46 bits per heavy atom. The summed E-state index contributed by atoms with van der Waals surface area (Å²) in [6.45, 7) is 1.70. The third-order valence-corrected chi connectivity index (χ3v) is 4.11. The number of ether oxygens (including phenoxy) is 1. The fourth-order valence-electron chi connectivity index (χ4n) is 2.49. The molecule has 0 amide bonds. The zero-order valence-corrected chi connectivity index (χ0v) is 14.6. The minimum atomic E-state index is -0.606. The van der Waals surface area contributed by atoms with Crippen molar-refractivity contribution in [1.82, 2.24) is 15.0 Å². The predicted molar refractivity (Wildman–Crippen MR) is 94.9 cm³/mol. The Morgan fingerprint density at radius 2 is 2.23 bits per heavy atom. The van der Waals surface area contributed by atoms with E-state index in [2.05, 4.69) is 20.3 Å². The normalized spacial score (nSPS) is 11.8. The van der Waals surface area contributed by atoms with E-state index < -0.39 is 11.9 Å². The average molecular weight is 374 g/mol. The number of anilines is 1. The van der Waals surface area contributed by atoms with E-state index in [1.807, 2.05) is 6.07 Å². The van der Waals surface area contributed by atoms with Gasteiger partial charge in [-0.1, -0.05) is 11.6 Å². The second kappa shape index (κ2) is 6.98. The van der Waals surface area contributed by atoms with Crippen LogP contribution in [0.4, 0.5) is 10.3 Å². The number of aromatic amines is 1. The van der Waals surface area contributed by atoms with Crippen molar-refractivity contribution in [2.45, 2.75) is 13.0 Å². The standard InChI is InChI=1S/C17H13ClFN5O2/c1-8(22-17-21-7-9(6-20)16(24-17)26-2)10-5-11-13(23-15(10)25)4-3-12(18)14(11)19/h3-5,7-8H,1-2H3,(H,23,25)(H,21,22,24)/t8-/m0/s1. The molecule has 0 saturated carbocycles. The van der Waals surface area contributed by atoms with Crippen molar-refractivity contribution in [3.05, 3.63) is 56.7 Å². The number of benzene rings is 1. The molecule has 2 N–H and O–H groups in total. The predicted octanol–water partition coefficient (Wildman–Crippen LogP) is 3.16. The molecule has 0 saturated heterocycles. The lowest BCUT2D eigenvalue weighted by molar-refractivity contribution is 0.396. The summed E-state index contributed by atoms with van der Waals surface area (Å²) >= 11 is 5.81. The molecule has 7 nitrogen and oxygen atoms in total. The van der Waals surface area contributed by atoms with Crippen molar-refractivity contribution >= 4 is 28.5 Å². The summed E-state index contributed by atoms with van der Waals surface area (Å²) in [6, 6.07) is 5.73. The molecule has 1 aromatic carbocycles. The minimum Gasteiger partial charge on any atom is -0.480 e. The number of halogens is 2. The number of hydrogen-bond acceptors (Lipinski definition) is 6. The molecular formula is C17H13ClFN5O2. The molecule has 2 aromatic heterocycles. The molecule has 2 heterocycles. The summed E-state index contributed by atoms with van der Waals surface area (Å²) in [5.41, 5.74) is 0.445. The summed E-state index contributed by atoms with van der Waals surface area (Å²) in [7, 11) is 1.39. The topological polar surface area (TPSA) is 104 Å². The van der Waals surface area contributed by atoms with Gasteiger partial charge in [0.05, 0.1) is 29.9 Å². The summed E-state index contributed by atoms with van der Waals surface area (Å²) in [4.78, 5) is 23.0. The van der Waals surface area contributed by atoms with Crippen LogP contribution in [0, 0.1) is 17.1 Å². The van der Waals surface area contributed by atoms with Crippen LogP contribution >= 0.6 is 11.6 Å². The number of pyridine rings is 1. The van der Waals surface area contributed by atoms with Crippen LogP contribution < -0.4 is 15.6 Å². The van der Waals surface area contributed by atoms with Crippen molar-refractivity contribution in [3.8, 4) is 11.9 Å². The van der Waals surface area contributed by atoms with Crippen LogP contribution in [0.3, 0.4) is 0 Å². The summed E-state index contributed by atoms with van der Waals surface area (Å²) in [6.07, 6.45) is 1.31. The molecule has 26 heavy (non-hydrogen) atoms. The van der Waals surface area contributed by atoms with E-state index in [1.165, 1.54) is 25.4 Å². The quantitative estimate of drug-likeness (QED) is 0.728. The van der Waals surface area contributed by atoms with Gasteiger partial charge in [0.25, 0.3) is 5.56 Å². The molecule has 3 aromatic rings. The number of aromatic nitrogens is 3. The number of H-pyrrole nitrogens is 1. The van der Waals surface area contributed by atoms with Crippen LogP contribution in [0.5, 0.6) is 5.88 Å². The molecule has 0 aliphatic rings. The lowest BCUT2D eigenvalue weighted by atomic mass is 10.1. The second-order valence-electron chi connectivity index (χ2n) is 5.47. The number of nitriles is 1. The number of hydrogen-bond donors (Lipinski definition) is 2. The molecule has 0 spiro atoms. The van der Waals surface area contributed by atoms with Crippen molar-refractivity contribution in [3.63, 3.8) is 0 Å². The zero-order chi connectivity index (χ0) is 18.8. The molecule has 3 rings (SSSR count). The van der Waals surface area contributed by atoms with Crippen LogP contribution in [0.25, 0.3) is 10.9 Å². The van der Waals surface area contributed by atoms with E-state index in [1.54, 1.807) is 13.0 Å². The highest BCUT2D eigenvalue weighted by molar-refractivity contribution is 6.31. The Hall–Kier alpha value is -3.18. The lowest BCUT2D eigenvalue weighted by Gasteiger charge is -2.15. The van der Waals surface area contributed by atoms with Gasteiger partial charge in [-0.05, 0) is 25.1 Å². The van der Waals surface area contributed by atoms with Gasteiger partial charge in [-0.25, -0.2) is 9.37 Å². The van der Waals surface area contributed by atoms with E-state index >= 15 is 0 Å². The maximum atomic E-state index is 14.2. The molecule has 0 aliphatic carbocycles. The summed E-state index contributed by atoms with van der Waals surface area (Å²) in [5, 5.41) is 12.1. The van der Waals surface area contributed by atoms with Crippen LogP contribution in [0.15, 0.2) is 29.2 Å². The Morgan fingerprint density at radius 3 is 2.92 bits per heavy atom. The highest BCUT2D eigenvalue weighted by atomic mass is 35.5. The van der Waals surface area contributed by atoms with Gasteiger partial charge in [-0.2, -0.15) is 10.2 Å². The Labute approximate surface area is 152 Å². The van der Waals surface area contributed by atoms with Crippen LogP contribution in [0.2, 0.25) is 5.02 Å². The highest BCUT2D eigenvalue weighted by Crippen LogP contribution is 2.25. The molecule has 9 heteroatoms. The number of fused-ring (bicyclic) bond motifs is 1. The third kappa shape index (κ3) is 3.17. The smallest absolute Gasteiger partial charge is 0.253 e. The number of rotatable bonds is 4. The number of methoxy groups -OCH3 is 1. The summed E-state index contributed by atoms with van der Waals surface area (Å²) < 4.78 is 19.3. The van der Waals surface area contributed by atoms with Gasteiger partial charge in [0, 0.05) is 10.9 Å². The van der Waals surface area contributed by atoms with Gasteiger partial charge in [-0.3, -0.25) is 4.79 Å². The first-order valence-electron chi connectivity index (χ1n) is 7.53. The Kier molecular flexibility index (Phi) is 4.73. The first-order chi connectivity index (χ1) is 12.4. The molecule has 1 atom stereocenters. The largest absolute Gasteiger partial charge is 0.480 e. The Balaban J connectivity index is 1.99. The van der Waals surface area contributed by atoms with Gasteiger partial charge in [0.2, 0.25) is 11.8 Å². The monoisotopic (exact) mass is 373 g/mol. The molecule has 0 radical (unpaired) electrons. The number of nitrogens with zero attached hydrogens (tertiary/aromatic N) is 3. The zero-order valence-electron chi connectivity index (χ0n) is 13.8. The Bertz CT molecular complexity index is 1090. The molecule has 0 bridgehead atoms. The second-order valence-corrected chi connectivity index (χ2v) is 5.88. The third-order valence-electron chi connectivity index (χ3n) is 3.82. The lowest BCUT2D eigenvalue weighted by Crippen LogP contribution is -2.20. The van der Waals surface area contributed by atoms with Crippen LogP contribution in [-0.2, 0) is 0 Å². The molecular weight excluding hydrogens is 361 g/mol. The van der Waals surface area contributed by atoms with E-state index in [0.717, 1.165) is 0 Å². The van der Waals surface area contributed by atoms with Crippen molar-refractivity contribution in [2.24, 2.45) is 0 Å². The van der Waals surface area contributed by atoms with Gasteiger partial charge in [0.1, 0.15) is 11.6 Å². The fraction of sp³-hybridized carbons (Fsp3) is 0.176. The molecule has 0 aliphatic heterocycles. The maximum Gasteiger partial charge on any atom is 0.253 e. The van der Waals surface area contributed by atoms with E-state index in [0.29, 0.717) is 5.52 Å². The first kappa shape index (κ1) is 17.6. The minimum absolute atomic E-state index is 0.0312. The van der Waals surface area contributed by atoms with Crippen molar-refractivity contribution < 1.29 is 9.13 Å². The van der Waals surface area contributed by atoms with Crippen molar-refractivity contribution in [1.29, 1.82) is 5.26 Å². The van der Waals surface area contributed by atoms with E-state index in [-0.39, 0.29) is 38.9 Å². The van der Waals surface area contributed by atoms with Crippen LogP contribution in [-0.4, -0.2) is 22.1 Å². The van der Waals surface area contributed by atoms with Gasteiger partial charge >= 0.3 is 0 Å². The van der Waals surface area contributed by atoms with Crippen LogP contribution in [0.1, 0.15) is 24.1 Å². The SMILES string of the molecule is COc1nc(N[C@@H](C)c2cc3c(F)c(Cl)ccc3[nH]c2=O)ncc1C#N. The van der Waals surface area contributed by atoms with Gasteiger partial charge in [0.15, 0.2) is 5.82 Å². The summed E-state index contributed by atoms with van der Waals surface area (Å²) in [5.74, 6) is -0.327. The highest BCUT2D eigenvalue weighted by Gasteiger charge is 2.16. The number of nitrogens with one attached hydrogen (secondary N) is 2. The van der Waals surface area contributed by atoms with Gasteiger partial charge in [-0.15, -0.1) is 0 Å². The molecule has 0 unspecified atom stereocenters. The first-order valence-corrected chi connectivity index (χ1v) is 7.91. The van der Waals surface area contributed by atoms with E-state index in [4.69, 9.17) is 21.6 Å². The maximum absolute atomic E-state index is 14.2. The van der Waals surface area contributed by atoms with Gasteiger partial charge < -0.3 is 15.0 Å². The van der Waals surface area contributed by atoms with Crippen molar-refractivity contribution in [2.75, 3.05) is 12.4 Å². The van der Waals surface area contributed by atoms with E-state index in [9.17, 15) is 9.18 Å². The molecule has 132 valence electrons. The average Bonchev–Trinajstić information content (AvgIpc) is 2.64. The fourth-order valence-corrected chi connectivity index (χ4v) is 2.66.